The minimum absolute atomic E-state index is 0.00975. The zero-order valence-electron chi connectivity index (χ0n) is 14.0. The molecule has 2 aromatic rings. The van der Waals surface area contributed by atoms with Crippen molar-refractivity contribution in [3.05, 3.63) is 54.4 Å². The first-order valence-electron chi connectivity index (χ1n) is 8.58. The van der Waals surface area contributed by atoms with Crippen molar-refractivity contribution in [2.45, 2.75) is 12.6 Å². The van der Waals surface area contributed by atoms with Crippen LogP contribution in [0.4, 0.5) is 0 Å². The summed E-state index contributed by atoms with van der Waals surface area (Å²) in [6, 6.07) is 11.5. The molecule has 4 rings (SSSR count). The number of carbonyl (C=O) groups excluding carboxylic acids is 1. The van der Waals surface area contributed by atoms with Crippen molar-refractivity contribution in [2.24, 2.45) is 0 Å². The zero-order valence-corrected chi connectivity index (χ0v) is 14.0. The largest absolute Gasteiger partial charge is 0.485 e. The minimum atomic E-state index is -0.556. The van der Waals surface area contributed by atoms with E-state index in [0.717, 1.165) is 19.6 Å². The van der Waals surface area contributed by atoms with Crippen LogP contribution in [0.5, 0.6) is 11.5 Å². The highest BCUT2D eigenvalue weighted by molar-refractivity contribution is 5.82. The average molecular weight is 339 g/mol. The van der Waals surface area contributed by atoms with E-state index in [1.165, 1.54) is 5.56 Å². The molecule has 0 saturated carbocycles. The van der Waals surface area contributed by atoms with Crippen LogP contribution in [0.3, 0.4) is 0 Å². The highest BCUT2D eigenvalue weighted by Gasteiger charge is 2.32. The van der Waals surface area contributed by atoms with Gasteiger partial charge in [0.15, 0.2) is 11.5 Å². The molecule has 6 heteroatoms. The van der Waals surface area contributed by atoms with E-state index in [0.29, 0.717) is 24.6 Å². The third-order valence-electron chi connectivity index (χ3n) is 4.60. The maximum atomic E-state index is 12.7. The molecule has 0 aliphatic carbocycles. The number of pyridine rings is 1. The summed E-state index contributed by atoms with van der Waals surface area (Å²) in [7, 11) is 0. The van der Waals surface area contributed by atoms with Gasteiger partial charge in [-0.1, -0.05) is 18.2 Å². The van der Waals surface area contributed by atoms with Gasteiger partial charge in [-0.15, -0.1) is 0 Å². The van der Waals surface area contributed by atoms with Crippen LogP contribution in [0.1, 0.15) is 5.56 Å². The molecule has 130 valence electrons. The number of carbonyl (C=O) groups is 1. The molecule has 1 aromatic carbocycles. The van der Waals surface area contributed by atoms with Crippen LogP contribution < -0.4 is 9.47 Å². The number of para-hydroxylation sites is 2. The van der Waals surface area contributed by atoms with Crippen molar-refractivity contribution < 1.29 is 14.3 Å². The molecule has 1 amide bonds. The number of aromatic nitrogens is 1. The molecule has 0 N–H and O–H groups in total. The lowest BCUT2D eigenvalue weighted by Crippen LogP contribution is -2.53. The molecule has 0 spiro atoms. The molecule has 1 fully saturated rings. The maximum Gasteiger partial charge on any atom is 0.267 e. The molecule has 6 nitrogen and oxygen atoms in total. The summed E-state index contributed by atoms with van der Waals surface area (Å²) in [6.07, 6.45) is 3.12. The van der Waals surface area contributed by atoms with Gasteiger partial charge in [0, 0.05) is 45.1 Å². The summed E-state index contributed by atoms with van der Waals surface area (Å²) in [5.74, 6) is 1.35. The highest BCUT2D eigenvalue weighted by atomic mass is 16.6. The lowest BCUT2D eigenvalue weighted by atomic mass is 10.2. The van der Waals surface area contributed by atoms with Crippen LogP contribution in [0.25, 0.3) is 0 Å². The van der Waals surface area contributed by atoms with E-state index in [4.69, 9.17) is 9.47 Å². The SMILES string of the molecule is O=C(C1COc2ccccc2O1)N1CCN(Cc2cccnc2)CC1. The zero-order chi connectivity index (χ0) is 17.1. The predicted octanol–water partition coefficient (Wildman–Crippen LogP) is 1.57. The molecule has 1 unspecified atom stereocenters. The number of ether oxygens (including phenoxy) is 2. The Morgan fingerprint density at radius 1 is 1.08 bits per heavy atom. The maximum absolute atomic E-state index is 12.7. The number of fused-ring (bicyclic) bond motifs is 1. The molecule has 1 atom stereocenters. The van der Waals surface area contributed by atoms with Crippen LogP contribution in [0.2, 0.25) is 0 Å². The summed E-state index contributed by atoms with van der Waals surface area (Å²) in [5, 5.41) is 0. The van der Waals surface area contributed by atoms with Gasteiger partial charge in [0.25, 0.3) is 5.91 Å². The molecule has 2 aliphatic rings. The van der Waals surface area contributed by atoms with Crippen LogP contribution in [-0.4, -0.2) is 59.6 Å². The molecule has 2 aliphatic heterocycles. The molecule has 3 heterocycles. The van der Waals surface area contributed by atoms with Gasteiger partial charge in [-0.25, -0.2) is 0 Å². The van der Waals surface area contributed by atoms with E-state index >= 15 is 0 Å². The average Bonchev–Trinajstić information content (AvgIpc) is 2.68. The fourth-order valence-corrected chi connectivity index (χ4v) is 3.22. The van der Waals surface area contributed by atoms with E-state index in [9.17, 15) is 4.79 Å². The summed E-state index contributed by atoms with van der Waals surface area (Å²) in [6.45, 7) is 4.26. The Bertz CT molecular complexity index is 730. The number of hydrogen-bond acceptors (Lipinski definition) is 5. The summed E-state index contributed by atoms with van der Waals surface area (Å²) in [4.78, 5) is 21.1. The monoisotopic (exact) mass is 339 g/mol. The van der Waals surface area contributed by atoms with Crippen molar-refractivity contribution >= 4 is 5.91 Å². The van der Waals surface area contributed by atoms with Gasteiger partial charge in [-0.2, -0.15) is 0 Å². The smallest absolute Gasteiger partial charge is 0.267 e. The van der Waals surface area contributed by atoms with E-state index in [1.54, 1.807) is 6.20 Å². The molecule has 25 heavy (non-hydrogen) atoms. The first-order valence-corrected chi connectivity index (χ1v) is 8.58. The molecule has 1 aromatic heterocycles. The number of nitrogens with zero attached hydrogens (tertiary/aromatic N) is 3. The summed E-state index contributed by atoms with van der Waals surface area (Å²) in [5.41, 5.74) is 1.20. The molecular weight excluding hydrogens is 318 g/mol. The van der Waals surface area contributed by atoms with Gasteiger partial charge in [0.05, 0.1) is 0 Å². The number of benzene rings is 1. The Morgan fingerprint density at radius 3 is 2.64 bits per heavy atom. The van der Waals surface area contributed by atoms with Crippen LogP contribution in [0.15, 0.2) is 48.8 Å². The standard InChI is InChI=1S/C19H21N3O3/c23-19(18-14-24-16-5-1-2-6-17(16)25-18)22-10-8-21(9-11-22)13-15-4-3-7-20-12-15/h1-7,12,18H,8-11,13-14H2. The van der Waals surface area contributed by atoms with Crippen molar-refractivity contribution in [3.63, 3.8) is 0 Å². The van der Waals surface area contributed by atoms with Crippen LogP contribution >= 0.6 is 0 Å². The topological polar surface area (TPSA) is 54.9 Å². The lowest BCUT2D eigenvalue weighted by Gasteiger charge is -2.37. The number of amides is 1. The Morgan fingerprint density at radius 2 is 1.88 bits per heavy atom. The second kappa shape index (κ2) is 7.11. The van der Waals surface area contributed by atoms with E-state index in [2.05, 4.69) is 16.0 Å². The fraction of sp³-hybridized carbons (Fsp3) is 0.368. The highest BCUT2D eigenvalue weighted by Crippen LogP contribution is 2.31. The van der Waals surface area contributed by atoms with E-state index in [1.807, 2.05) is 41.4 Å². The van der Waals surface area contributed by atoms with E-state index < -0.39 is 6.10 Å². The quantitative estimate of drug-likeness (QED) is 0.850. The first kappa shape index (κ1) is 15.9. The first-order chi connectivity index (χ1) is 12.3. The predicted molar refractivity (Wildman–Crippen MR) is 92.4 cm³/mol. The minimum Gasteiger partial charge on any atom is -0.485 e. The third-order valence-corrected chi connectivity index (χ3v) is 4.60. The van der Waals surface area contributed by atoms with Crippen LogP contribution in [-0.2, 0) is 11.3 Å². The van der Waals surface area contributed by atoms with Crippen molar-refractivity contribution in [1.82, 2.24) is 14.8 Å². The second-order valence-corrected chi connectivity index (χ2v) is 6.33. The van der Waals surface area contributed by atoms with Crippen molar-refractivity contribution in [3.8, 4) is 11.5 Å². The van der Waals surface area contributed by atoms with Crippen molar-refractivity contribution in [2.75, 3.05) is 32.8 Å². The molecular formula is C19H21N3O3. The molecule has 1 saturated heterocycles. The summed E-state index contributed by atoms with van der Waals surface area (Å²) >= 11 is 0. The van der Waals surface area contributed by atoms with Gasteiger partial charge in [-0.05, 0) is 23.8 Å². The number of hydrogen-bond donors (Lipinski definition) is 0. The van der Waals surface area contributed by atoms with Gasteiger partial charge < -0.3 is 14.4 Å². The molecule has 0 radical (unpaired) electrons. The normalized spacial score (nSPS) is 20.3. The number of piperazine rings is 1. The Labute approximate surface area is 147 Å². The Balaban J connectivity index is 1.31. The fourth-order valence-electron chi connectivity index (χ4n) is 3.22. The lowest BCUT2D eigenvalue weighted by molar-refractivity contribution is -0.143. The Kier molecular flexibility index (Phi) is 4.52. The van der Waals surface area contributed by atoms with Gasteiger partial charge in [0.1, 0.15) is 6.61 Å². The van der Waals surface area contributed by atoms with Gasteiger partial charge in [0.2, 0.25) is 6.10 Å². The second-order valence-electron chi connectivity index (χ2n) is 6.33. The van der Waals surface area contributed by atoms with Gasteiger partial charge in [-0.3, -0.25) is 14.7 Å². The third kappa shape index (κ3) is 3.58. The molecule has 0 bridgehead atoms. The Hall–Kier alpha value is -2.60. The van der Waals surface area contributed by atoms with Crippen molar-refractivity contribution in [1.29, 1.82) is 0 Å². The van der Waals surface area contributed by atoms with E-state index in [-0.39, 0.29) is 12.5 Å². The van der Waals surface area contributed by atoms with Gasteiger partial charge >= 0.3 is 0 Å². The summed E-state index contributed by atoms with van der Waals surface area (Å²) < 4.78 is 11.5. The number of rotatable bonds is 3. The van der Waals surface area contributed by atoms with Crippen LogP contribution in [0, 0.1) is 0 Å².